The molecule has 0 bridgehead atoms. The number of imidazole rings is 1. The van der Waals surface area contributed by atoms with Crippen molar-refractivity contribution in [2.24, 2.45) is 0 Å². The Morgan fingerprint density at radius 1 is 1.03 bits per heavy atom. The molecule has 168 valence electrons. The van der Waals surface area contributed by atoms with E-state index in [1.807, 2.05) is 66.7 Å². The Balaban J connectivity index is 1.50. The van der Waals surface area contributed by atoms with Gasteiger partial charge in [0.2, 0.25) is 0 Å². The lowest BCUT2D eigenvalue weighted by Crippen LogP contribution is -2.25. The molecule has 0 spiro atoms. The molecule has 0 saturated heterocycles. The van der Waals surface area contributed by atoms with Crippen LogP contribution >= 0.6 is 0 Å². The molecule has 1 N–H and O–H groups in total. The number of hydrogen-bond donors (Lipinski definition) is 1. The number of para-hydroxylation sites is 4. The average Bonchev–Trinajstić information content (AvgIpc) is 3.21. The van der Waals surface area contributed by atoms with Gasteiger partial charge in [0.05, 0.1) is 36.8 Å². The number of hydrogen-bond acceptors (Lipinski definition) is 4. The molecule has 0 fully saturated rings. The number of nitrogens with one attached hydrogen (secondary N) is 1. The zero-order chi connectivity index (χ0) is 23.0. The molecule has 0 radical (unpaired) electrons. The number of nitrogens with zero attached hydrogens (tertiary/aromatic N) is 2. The number of fused-ring (bicyclic) bond motifs is 1. The Bertz CT molecular complexity index is 1260. The van der Waals surface area contributed by atoms with Gasteiger partial charge in [-0.3, -0.25) is 4.79 Å². The first kappa shape index (κ1) is 22.1. The van der Waals surface area contributed by atoms with Gasteiger partial charge in [0.1, 0.15) is 23.9 Å². The van der Waals surface area contributed by atoms with Crippen LogP contribution in [0.5, 0.6) is 11.5 Å². The lowest BCUT2D eigenvalue weighted by atomic mass is 10.1. The van der Waals surface area contributed by atoms with Gasteiger partial charge in [-0.25, -0.2) is 4.98 Å². The predicted molar refractivity (Wildman–Crippen MR) is 130 cm³/mol. The van der Waals surface area contributed by atoms with Crippen LogP contribution in [-0.2, 0) is 19.5 Å². The molecular weight excluding hydrogens is 414 g/mol. The van der Waals surface area contributed by atoms with Crippen molar-refractivity contribution in [2.45, 2.75) is 19.5 Å². The molecule has 1 amide bonds. The highest BCUT2D eigenvalue weighted by Gasteiger charge is 2.15. The Hall–Kier alpha value is -4.06. The summed E-state index contributed by atoms with van der Waals surface area (Å²) in [5, 5.41) is 2.97. The maximum atomic E-state index is 12.8. The largest absolute Gasteiger partial charge is 0.496 e. The van der Waals surface area contributed by atoms with Crippen LogP contribution in [0.25, 0.3) is 11.0 Å². The normalized spacial score (nSPS) is 10.7. The molecular formula is C27H27N3O3. The van der Waals surface area contributed by atoms with E-state index in [1.165, 1.54) is 0 Å². The van der Waals surface area contributed by atoms with E-state index in [4.69, 9.17) is 14.5 Å². The van der Waals surface area contributed by atoms with Gasteiger partial charge < -0.3 is 19.4 Å². The lowest BCUT2D eigenvalue weighted by Gasteiger charge is -2.14. The van der Waals surface area contributed by atoms with Gasteiger partial charge in [0, 0.05) is 0 Å². The first-order valence-corrected chi connectivity index (χ1v) is 10.9. The fourth-order valence-electron chi connectivity index (χ4n) is 3.81. The maximum Gasteiger partial charge on any atom is 0.255 e. The number of amides is 1. The van der Waals surface area contributed by atoms with Crippen molar-refractivity contribution >= 4 is 16.9 Å². The van der Waals surface area contributed by atoms with Gasteiger partial charge in [-0.2, -0.15) is 0 Å². The van der Waals surface area contributed by atoms with E-state index in [-0.39, 0.29) is 5.91 Å². The molecule has 4 aromatic rings. The lowest BCUT2D eigenvalue weighted by molar-refractivity contribution is 0.0946. The Kier molecular flexibility index (Phi) is 7.05. The summed E-state index contributed by atoms with van der Waals surface area (Å²) in [4.78, 5) is 17.5. The Morgan fingerprint density at radius 2 is 1.76 bits per heavy atom. The monoisotopic (exact) mass is 441 g/mol. The maximum absolute atomic E-state index is 12.8. The van der Waals surface area contributed by atoms with Crippen molar-refractivity contribution in [3.63, 3.8) is 0 Å². The van der Waals surface area contributed by atoms with E-state index in [0.717, 1.165) is 34.6 Å². The summed E-state index contributed by atoms with van der Waals surface area (Å²) in [5.74, 6) is 1.95. The van der Waals surface area contributed by atoms with Crippen molar-refractivity contribution in [3.05, 3.63) is 102 Å². The molecule has 1 aromatic heterocycles. The summed E-state index contributed by atoms with van der Waals surface area (Å²) >= 11 is 0. The number of benzene rings is 3. The van der Waals surface area contributed by atoms with Gasteiger partial charge >= 0.3 is 0 Å². The summed E-state index contributed by atoms with van der Waals surface area (Å²) in [5.41, 5.74) is 3.48. The van der Waals surface area contributed by atoms with Crippen LogP contribution in [0.1, 0.15) is 21.7 Å². The molecule has 0 saturated carbocycles. The smallest absolute Gasteiger partial charge is 0.255 e. The molecule has 4 rings (SSSR count). The molecule has 3 aromatic carbocycles. The number of allylic oxidation sites excluding steroid dienone is 1. The molecule has 0 unspecified atom stereocenters. The van der Waals surface area contributed by atoms with Gasteiger partial charge in [-0.1, -0.05) is 48.5 Å². The van der Waals surface area contributed by atoms with Crippen molar-refractivity contribution in [1.29, 1.82) is 0 Å². The van der Waals surface area contributed by atoms with Crippen LogP contribution in [0.2, 0.25) is 0 Å². The summed E-state index contributed by atoms with van der Waals surface area (Å²) < 4.78 is 13.5. The van der Waals surface area contributed by atoms with Crippen molar-refractivity contribution in [2.75, 3.05) is 13.7 Å². The summed E-state index contributed by atoms with van der Waals surface area (Å²) in [6, 6.07) is 23.1. The van der Waals surface area contributed by atoms with Gasteiger partial charge in [0.25, 0.3) is 5.91 Å². The molecule has 33 heavy (non-hydrogen) atoms. The van der Waals surface area contributed by atoms with Crippen LogP contribution in [-0.4, -0.2) is 29.2 Å². The third-order valence-corrected chi connectivity index (χ3v) is 5.40. The van der Waals surface area contributed by atoms with E-state index in [1.54, 1.807) is 19.2 Å². The van der Waals surface area contributed by atoms with E-state index in [2.05, 4.69) is 16.5 Å². The van der Waals surface area contributed by atoms with Crippen LogP contribution < -0.4 is 14.8 Å². The number of rotatable bonds is 10. The molecule has 6 nitrogen and oxygen atoms in total. The highest BCUT2D eigenvalue weighted by molar-refractivity contribution is 5.96. The molecule has 1 heterocycles. The number of ether oxygens (including phenoxy) is 2. The summed E-state index contributed by atoms with van der Waals surface area (Å²) in [7, 11) is 1.55. The fourth-order valence-corrected chi connectivity index (χ4v) is 3.81. The molecule has 0 aliphatic rings. The van der Waals surface area contributed by atoms with E-state index in [9.17, 15) is 4.79 Å². The minimum atomic E-state index is -0.208. The SMILES string of the molecule is C=CCc1ccccc1OCCn1c(CNC(=O)c2ccccc2OC)nc2ccccc21. The standard InChI is InChI=1S/C27H27N3O3/c1-3-10-20-11-4-8-15-24(20)33-18-17-30-23-14-7-6-13-22(23)29-26(30)19-28-27(31)21-12-5-9-16-25(21)32-2/h3-9,11-16H,1,10,17-19H2,2H3,(H,28,31). The van der Waals surface area contributed by atoms with E-state index < -0.39 is 0 Å². The van der Waals surface area contributed by atoms with E-state index in [0.29, 0.717) is 31.0 Å². The molecule has 0 aliphatic carbocycles. The number of carbonyl (C=O) groups excluding carboxylic acids is 1. The van der Waals surface area contributed by atoms with Crippen LogP contribution in [0.3, 0.4) is 0 Å². The fraction of sp³-hybridized carbons (Fsp3) is 0.185. The molecule has 0 atom stereocenters. The van der Waals surface area contributed by atoms with Gasteiger partial charge in [0.15, 0.2) is 0 Å². The Labute approximate surface area is 193 Å². The van der Waals surface area contributed by atoms with Gasteiger partial charge in [-0.05, 0) is 42.3 Å². The zero-order valence-corrected chi connectivity index (χ0v) is 18.7. The number of methoxy groups -OCH3 is 1. The van der Waals surface area contributed by atoms with Crippen molar-refractivity contribution in [1.82, 2.24) is 14.9 Å². The number of carbonyl (C=O) groups is 1. The average molecular weight is 442 g/mol. The first-order valence-electron chi connectivity index (χ1n) is 10.9. The van der Waals surface area contributed by atoms with Crippen molar-refractivity contribution < 1.29 is 14.3 Å². The Morgan fingerprint density at radius 3 is 2.58 bits per heavy atom. The second-order valence-corrected chi connectivity index (χ2v) is 7.50. The topological polar surface area (TPSA) is 65.4 Å². The quantitative estimate of drug-likeness (QED) is 0.360. The first-order chi connectivity index (χ1) is 16.2. The molecule has 6 heteroatoms. The number of aromatic nitrogens is 2. The highest BCUT2D eigenvalue weighted by Crippen LogP contribution is 2.21. The van der Waals surface area contributed by atoms with Gasteiger partial charge in [-0.15, -0.1) is 6.58 Å². The second-order valence-electron chi connectivity index (χ2n) is 7.50. The summed E-state index contributed by atoms with van der Waals surface area (Å²) in [6.45, 7) is 5.19. The van der Waals surface area contributed by atoms with Crippen LogP contribution in [0.15, 0.2) is 85.5 Å². The third-order valence-electron chi connectivity index (χ3n) is 5.40. The summed E-state index contributed by atoms with van der Waals surface area (Å²) in [6.07, 6.45) is 2.62. The van der Waals surface area contributed by atoms with Crippen LogP contribution in [0.4, 0.5) is 0 Å². The van der Waals surface area contributed by atoms with E-state index >= 15 is 0 Å². The minimum Gasteiger partial charge on any atom is -0.496 e. The third kappa shape index (κ3) is 5.06. The second kappa shape index (κ2) is 10.5. The molecule has 0 aliphatic heterocycles. The van der Waals surface area contributed by atoms with Crippen LogP contribution in [0, 0.1) is 0 Å². The van der Waals surface area contributed by atoms with Crippen molar-refractivity contribution in [3.8, 4) is 11.5 Å². The predicted octanol–water partition coefficient (Wildman–Crippen LogP) is 4.78. The minimum absolute atomic E-state index is 0.208. The highest BCUT2D eigenvalue weighted by atomic mass is 16.5. The zero-order valence-electron chi connectivity index (χ0n) is 18.7.